The molecule has 0 unspecified atom stereocenters. The fourth-order valence-electron chi connectivity index (χ4n) is 2.76. The fraction of sp³-hybridized carbons (Fsp3) is 0.429. The van der Waals surface area contributed by atoms with E-state index in [2.05, 4.69) is 4.99 Å². The Morgan fingerprint density at radius 3 is 2.79 bits per heavy atom. The summed E-state index contributed by atoms with van der Waals surface area (Å²) in [6, 6.07) is 4.73. The van der Waals surface area contributed by atoms with Crippen molar-refractivity contribution in [2.24, 2.45) is 4.99 Å². The van der Waals surface area contributed by atoms with Crippen LogP contribution in [0.25, 0.3) is 0 Å². The molecule has 2 heterocycles. The molecular formula is C14H14Cl2N2O4S2. The number of methoxy groups -OCH3 is 1. The normalized spacial score (nSPS) is 26.8. The van der Waals surface area contributed by atoms with Gasteiger partial charge in [0, 0.05) is 18.0 Å². The number of anilines is 1. The standard InChI is InChI=1S/C14H14Cl2N2O4S2/c1-22-5-13(19)17-14-18(8-2-3-9(15)10(16)4-8)11-6-24(20,21)7-12(11)23-14/h2-4,11-12H,5-7H2,1H3/t11-,12+/m0/s1. The third-order valence-corrected chi connectivity index (χ3v) is 7.68. The molecule has 0 saturated carbocycles. The van der Waals surface area contributed by atoms with Crippen molar-refractivity contribution in [3.8, 4) is 0 Å². The largest absolute Gasteiger partial charge is 0.375 e. The number of rotatable bonds is 3. The number of hydrogen-bond acceptors (Lipinski definition) is 5. The molecule has 2 atom stereocenters. The Labute approximate surface area is 154 Å². The van der Waals surface area contributed by atoms with E-state index in [-0.39, 0.29) is 29.4 Å². The van der Waals surface area contributed by atoms with Gasteiger partial charge in [-0.25, -0.2) is 8.42 Å². The predicted molar refractivity (Wildman–Crippen MR) is 97.1 cm³/mol. The number of sulfone groups is 1. The number of nitrogens with zero attached hydrogens (tertiary/aromatic N) is 2. The lowest BCUT2D eigenvalue weighted by Gasteiger charge is -2.24. The average Bonchev–Trinajstić information content (AvgIpc) is 2.93. The number of amidine groups is 1. The van der Waals surface area contributed by atoms with E-state index in [0.29, 0.717) is 20.9 Å². The zero-order chi connectivity index (χ0) is 17.5. The van der Waals surface area contributed by atoms with Gasteiger partial charge in [0.25, 0.3) is 5.91 Å². The van der Waals surface area contributed by atoms with E-state index >= 15 is 0 Å². The molecule has 0 aromatic heterocycles. The number of benzene rings is 1. The Kier molecular flexibility index (Phi) is 5.13. The molecule has 0 bridgehead atoms. The summed E-state index contributed by atoms with van der Waals surface area (Å²) >= 11 is 13.3. The number of hydrogen-bond donors (Lipinski definition) is 0. The number of fused-ring (bicyclic) bond motifs is 1. The van der Waals surface area contributed by atoms with Crippen LogP contribution in [0.5, 0.6) is 0 Å². The molecule has 2 aliphatic heterocycles. The van der Waals surface area contributed by atoms with Crippen LogP contribution in [-0.2, 0) is 19.4 Å². The van der Waals surface area contributed by atoms with Crippen molar-refractivity contribution >= 4 is 61.6 Å². The van der Waals surface area contributed by atoms with E-state index in [4.69, 9.17) is 27.9 Å². The van der Waals surface area contributed by atoms with Crippen LogP contribution in [0.2, 0.25) is 10.0 Å². The summed E-state index contributed by atoms with van der Waals surface area (Å²) in [7, 11) is -1.70. The molecule has 10 heteroatoms. The van der Waals surface area contributed by atoms with Gasteiger partial charge in [-0.2, -0.15) is 4.99 Å². The molecule has 0 N–H and O–H groups in total. The first-order chi connectivity index (χ1) is 11.3. The Morgan fingerprint density at radius 1 is 1.38 bits per heavy atom. The molecule has 6 nitrogen and oxygen atoms in total. The van der Waals surface area contributed by atoms with Crippen molar-refractivity contribution in [3.63, 3.8) is 0 Å². The number of aliphatic imine (C=N–C) groups is 1. The van der Waals surface area contributed by atoms with Gasteiger partial charge in [-0.05, 0) is 18.2 Å². The van der Waals surface area contributed by atoms with Crippen LogP contribution in [0.1, 0.15) is 0 Å². The lowest BCUT2D eigenvalue weighted by atomic mass is 10.2. The molecule has 1 aromatic rings. The van der Waals surface area contributed by atoms with Gasteiger partial charge in [-0.1, -0.05) is 35.0 Å². The van der Waals surface area contributed by atoms with Gasteiger partial charge < -0.3 is 9.64 Å². The van der Waals surface area contributed by atoms with E-state index in [0.717, 1.165) is 0 Å². The van der Waals surface area contributed by atoms with Crippen molar-refractivity contribution in [2.45, 2.75) is 11.3 Å². The quantitative estimate of drug-likeness (QED) is 0.762. The topological polar surface area (TPSA) is 76.0 Å². The Hall–Kier alpha value is -0.800. The second kappa shape index (κ2) is 6.84. The van der Waals surface area contributed by atoms with Crippen molar-refractivity contribution < 1.29 is 17.9 Å². The minimum atomic E-state index is -3.11. The summed E-state index contributed by atoms with van der Waals surface area (Å²) < 4.78 is 28.7. The molecule has 1 aromatic carbocycles. The zero-order valence-corrected chi connectivity index (χ0v) is 15.8. The molecule has 0 spiro atoms. The minimum absolute atomic E-state index is 0.0163. The number of ether oxygens (including phenoxy) is 1. The smallest absolute Gasteiger partial charge is 0.274 e. The lowest BCUT2D eigenvalue weighted by molar-refractivity contribution is -0.121. The second-order valence-electron chi connectivity index (χ2n) is 5.49. The lowest BCUT2D eigenvalue weighted by Crippen LogP contribution is -2.37. The van der Waals surface area contributed by atoms with Crippen molar-refractivity contribution in [1.29, 1.82) is 0 Å². The Balaban J connectivity index is 2.01. The van der Waals surface area contributed by atoms with Crippen molar-refractivity contribution in [1.82, 2.24) is 0 Å². The fourth-order valence-corrected chi connectivity index (χ4v) is 6.99. The van der Waals surface area contributed by atoms with Gasteiger partial charge in [0.15, 0.2) is 15.0 Å². The zero-order valence-electron chi connectivity index (χ0n) is 12.6. The SMILES string of the molecule is COCC(=O)N=C1S[C@@H]2CS(=O)(=O)C[C@@H]2N1c1ccc(Cl)c(Cl)c1. The van der Waals surface area contributed by atoms with Gasteiger partial charge in [0.2, 0.25) is 0 Å². The van der Waals surface area contributed by atoms with Crippen LogP contribution in [0.3, 0.4) is 0 Å². The Morgan fingerprint density at radius 2 is 2.12 bits per heavy atom. The molecule has 0 radical (unpaired) electrons. The molecule has 2 saturated heterocycles. The predicted octanol–water partition coefficient (Wildman–Crippen LogP) is 2.24. The third-order valence-electron chi connectivity index (χ3n) is 3.74. The van der Waals surface area contributed by atoms with Gasteiger partial charge in [-0.15, -0.1) is 0 Å². The van der Waals surface area contributed by atoms with Gasteiger partial charge in [0.05, 0.1) is 27.6 Å². The molecule has 0 aliphatic carbocycles. The number of amides is 1. The van der Waals surface area contributed by atoms with E-state index in [1.54, 1.807) is 23.1 Å². The van der Waals surface area contributed by atoms with E-state index in [1.165, 1.54) is 18.9 Å². The minimum Gasteiger partial charge on any atom is -0.375 e. The van der Waals surface area contributed by atoms with E-state index in [1.807, 2.05) is 0 Å². The van der Waals surface area contributed by atoms with Crippen LogP contribution in [0.15, 0.2) is 23.2 Å². The molecule has 1 amide bonds. The summed E-state index contributed by atoms with van der Waals surface area (Å²) in [5.74, 6) is -0.340. The molecular weight excluding hydrogens is 395 g/mol. The first kappa shape index (κ1) is 18.0. The molecule has 2 aliphatic rings. The first-order valence-corrected chi connectivity index (χ1v) is 10.5. The summed E-state index contributed by atoms with van der Waals surface area (Å²) in [6.07, 6.45) is 0. The summed E-state index contributed by atoms with van der Waals surface area (Å²) in [4.78, 5) is 17.7. The summed E-state index contributed by atoms with van der Waals surface area (Å²) in [5, 5.41) is 1.04. The maximum Gasteiger partial charge on any atom is 0.274 e. The summed E-state index contributed by atoms with van der Waals surface area (Å²) in [5.41, 5.74) is 0.658. The van der Waals surface area contributed by atoms with Crippen LogP contribution in [0.4, 0.5) is 5.69 Å². The monoisotopic (exact) mass is 408 g/mol. The molecule has 24 heavy (non-hydrogen) atoms. The van der Waals surface area contributed by atoms with Gasteiger partial charge >= 0.3 is 0 Å². The maximum atomic E-state index is 12.0. The molecule has 2 fully saturated rings. The molecule has 3 rings (SSSR count). The summed E-state index contributed by atoms with van der Waals surface area (Å²) in [6.45, 7) is -0.132. The Bertz CT molecular complexity index is 813. The van der Waals surface area contributed by atoms with Crippen LogP contribution >= 0.6 is 35.0 Å². The van der Waals surface area contributed by atoms with E-state index in [9.17, 15) is 13.2 Å². The number of carbonyl (C=O) groups is 1. The van der Waals surface area contributed by atoms with E-state index < -0.39 is 15.7 Å². The van der Waals surface area contributed by atoms with Gasteiger partial charge in [-0.3, -0.25) is 4.79 Å². The molecule has 130 valence electrons. The van der Waals surface area contributed by atoms with Crippen molar-refractivity contribution in [3.05, 3.63) is 28.2 Å². The highest BCUT2D eigenvalue weighted by atomic mass is 35.5. The highest BCUT2D eigenvalue weighted by Gasteiger charge is 2.49. The highest BCUT2D eigenvalue weighted by molar-refractivity contribution is 8.16. The average molecular weight is 409 g/mol. The van der Waals surface area contributed by atoms with Crippen LogP contribution in [0, 0.1) is 0 Å². The van der Waals surface area contributed by atoms with Crippen molar-refractivity contribution in [2.75, 3.05) is 30.1 Å². The van der Waals surface area contributed by atoms with Gasteiger partial charge in [0.1, 0.15) is 6.61 Å². The van der Waals surface area contributed by atoms with Crippen LogP contribution < -0.4 is 4.90 Å². The maximum absolute atomic E-state index is 12.0. The van der Waals surface area contributed by atoms with Crippen LogP contribution in [-0.4, -0.2) is 56.0 Å². The number of carbonyl (C=O) groups excluding carboxylic acids is 1. The first-order valence-electron chi connectivity index (χ1n) is 7.02. The number of halogens is 2. The number of thioether (sulfide) groups is 1. The second-order valence-corrected chi connectivity index (χ2v) is 9.66. The third kappa shape index (κ3) is 3.57. The highest BCUT2D eigenvalue weighted by Crippen LogP contribution is 2.42.